The van der Waals surface area contributed by atoms with Gasteiger partial charge in [-0.05, 0) is 258 Å². The highest BCUT2D eigenvalue weighted by Gasteiger charge is 2.44. The maximum absolute atomic E-state index is 7.83. The van der Waals surface area contributed by atoms with Crippen molar-refractivity contribution < 1.29 is 4.42 Å². The summed E-state index contributed by atoms with van der Waals surface area (Å²) in [7, 11) is 2.58. The van der Waals surface area contributed by atoms with Gasteiger partial charge in [0.05, 0.1) is 5.69 Å². The summed E-state index contributed by atoms with van der Waals surface area (Å²) in [5, 5.41) is 9.12. The third-order valence-electron chi connectivity index (χ3n) is 25.1. The number of anilines is 8. The van der Waals surface area contributed by atoms with E-state index in [-0.39, 0.29) is 43.3 Å². The van der Waals surface area contributed by atoms with Crippen LogP contribution in [0.2, 0.25) is 0 Å². The number of rotatable bonds is 8. The predicted molar refractivity (Wildman–Crippen MR) is 423 cm³/mol. The summed E-state index contributed by atoms with van der Waals surface area (Å²) < 4.78 is 10.4. The van der Waals surface area contributed by atoms with Crippen molar-refractivity contribution in [2.24, 2.45) is 0 Å². The second kappa shape index (κ2) is 21.6. The summed E-state index contributed by atoms with van der Waals surface area (Å²) in [5.74, 6) is 0. The van der Waals surface area contributed by atoms with Gasteiger partial charge in [-0.3, -0.25) is 0 Å². The average molecular weight is 1300 g/mol. The van der Waals surface area contributed by atoms with Crippen molar-refractivity contribution >= 4 is 117 Å². The predicted octanol–water partition coefficient (Wildman–Crippen LogP) is 25.3. The van der Waals surface area contributed by atoms with Gasteiger partial charge in [-0.15, -0.1) is 11.3 Å². The molecule has 0 amide bonds. The third-order valence-corrected chi connectivity index (χ3v) is 26.3. The number of hydrogen-bond acceptors (Lipinski definition) is 5. The van der Waals surface area contributed by atoms with E-state index in [9.17, 15) is 0 Å². The second-order valence-corrected chi connectivity index (χ2v) is 36.5. The Morgan fingerprint density at radius 3 is 1.60 bits per heavy atom. The first kappa shape index (κ1) is 63.2. The van der Waals surface area contributed by atoms with E-state index in [2.05, 4.69) is 315 Å². The Hall–Kier alpha value is -8.32. The molecule has 4 aliphatic carbocycles. The lowest BCUT2D eigenvalue weighted by atomic mass is 9.55. The molecular weight excluding hydrogens is 1210 g/mol. The van der Waals surface area contributed by atoms with Gasteiger partial charge >= 0.3 is 0 Å². The first-order valence-corrected chi connectivity index (χ1v) is 37.3. The molecule has 5 aliphatic rings. The van der Waals surface area contributed by atoms with Gasteiger partial charge in [-0.2, -0.15) is 0 Å². The van der Waals surface area contributed by atoms with E-state index < -0.39 is 0 Å². The van der Waals surface area contributed by atoms with Crippen LogP contribution >= 0.6 is 11.3 Å². The third kappa shape index (κ3) is 10.0. The minimum Gasteiger partial charge on any atom is -0.455 e. The van der Waals surface area contributed by atoms with E-state index in [0.717, 1.165) is 124 Å². The van der Waals surface area contributed by atoms with Crippen LogP contribution in [0.5, 0.6) is 0 Å². The Morgan fingerprint density at radius 2 is 0.929 bits per heavy atom. The van der Waals surface area contributed by atoms with E-state index in [1.54, 1.807) is 0 Å². The van der Waals surface area contributed by atoms with Gasteiger partial charge in [0.25, 0.3) is 0 Å². The van der Waals surface area contributed by atoms with Crippen LogP contribution in [0.25, 0.3) is 64.4 Å². The number of nitrogens with zero attached hydrogens (tertiary/aromatic N) is 2. The lowest BCUT2D eigenvalue weighted by Gasteiger charge is -2.45. The number of furan rings is 1. The molecule has 0 fully saturated rings. The zero-order valence-electron chi connectivity index (χ0n) is 60.8. The normalized spacial score (nSPS) is 19.2. The van der Waals surface area contributed by atoms with Crippen molar-refractivity contribution in [3.05, 3.63) is 226 Å². The number of fused-ring (bicyclic) bond motifs is 12. The van der Waals surface area contributed by atoms with Crippen LogP contribution in [0.15, 0.2) is 186 Å². The van der Waals surface area contributed by atoms with Gasteiger partial charge in [-0.1, -0.05) is 201 Å². The molecule has 0 atom stereocenters. The number of benzene rings is 10. The molecule has 0 spiro atoms. The van der Waals surface area contributed by atoms with Gasteiger partial charge in [0.15, 0.2) is 7.28 Å². The van der Waals surface area contributed by atoms with Crippen molar-refractivity contribution in [3.8, 4) is 22.3 Å². The van der Waals surface area contributed by atoms with Crippen LogP contribution in [-0.4, -0.2) is 7.28 Å². The highest BCUT2D eigenvalue weighted by atomic mass is 32.1. The van der Waals surface area contributed by atoms with Crippen molar-refractivity contribution in [2.45, 2.75) is 205 Å². The lowest BCUT2D eigenvalue weighted by molar-refractivity contribution is 0.332. The van der Waals surface area contributed by atoms with E-state index in [1.165, 1.54) is 92.5 Å². The highest BCUT2D eigenvalue weighted by molar-refractivity contribution is 7.25. The minimum absolute atomic E-state index is 0.00567. The van der Waals surface area contributed by atoms with E-state index >= 15 is 0 Å². The quantitative estimate of drug-likeness (QED) is 0.154. The summed E-state index contributed by atoms with van der Waals surface area (Å²) in [6, 6.07) is 71.1. The molecule has 0 bridgehead atoms. The van der Waals surface area contributed by atoms with Crippen LogP contribution < -0.4 is 26.0 Å². The number of hydrogen-bond donors (Lipinski definition) is 1. The molecule has 4 nitrogen and oxygen atoms in total. The molecule has 1 N–H and O–H groups in total. The molecule has 6 heteroatoms. The Balaban J connectivity index is 1.02. The SMILES string of the molecule is CC1(C)CCC(C)(C)c2cc(Nc3ccc4c(oc5cc6c(cc54)C(C)(C)CCC6(C)C)c3-c3cc(N(c4cccc(-c5ccccc5)c4)c4ccc5c(c4)sc4ccccc45)cc4c3[B]c3cc5c(cc3N4c3ccc4c(c3)C(C)(C)CCC4(C)C)C(C)(C)CCC5(C)C)ccc21. The summed E-state index contributed by atoms with van der Waals surface area (Å²) >= 11 is 1.88. The van der Waals surface area contributed by atoms with Crippen LogP contribution in [0, 0.1) is 0 Å². The second-order valence-electron chi connectivity index (χ2n) is 35.4. The molecule has 0 saturated carbocycles. The van der Waals surface area contributed by atoms with E-state index in [0.29, 0.717) is 0 Å². The fourth-order valence-corrected chi connectivity index (χ4v) is 19.5. The highest BCUT2D eigenvalue weighted by Crippen LogP contribution is 2.56. The number of nitrogens with one attached hydrogen (secondary N) is 1. The van der Waals surface area contributed by atoms with Gasteiger partial charge in [0.2, 0.25) is 0 Å². The Labute approximate surface area is 587 Å². The molecule has 17 rings (SSSR count). The Morgan fingerprint density at radius 1 is 0.388 bits per heavy atom. The molecule has 0 saturated heterocycles. The number of thiophene rings is 1. The topological polar surface area (TPSA) is 31.7 Å². The molecule has 0 unspecified atom stereocenters. The standard InChI is InChI=1S/C92H95BN3OS/c1-85(2)37-39-87(5,6)69-46-57(29-34-67(69)85)94-76-36-33-64-65-51-71-74(92(15,16)44-41-89(71,9)10)54-79(65)97-84(64)82(76)66-47-61(95(58-26-22-25-56(45-58)55-23-18-17-19-24-55)60-30-32-63-62-27-20-21-28-80(62)98-81(63)50-60)49-78-83(66)93-75-52-72-73(91(13,14)43-42-90(72,11)12)53-77(75)96(78)59-31-35-68-70(48-59)88(7,8)40-38-86(68,3)4/h17-36,45-54,94H,37-44H2,1-16H3. The molecule has 1 aliphatic heterocycles. The summed E-state index contributed by atoms with van der Waals surface area (Å²) in [5.41, 5.74) is 29.1. The zero-order valence-corrected chi connectivity index (χ0v) is 61.6. The molecule has 1 radical (unpaired) electrons. The first-order chi connectivity index (χ1) is 46.5. The van der Waals surface area contributed by atoms with E-state index in [1.807, 2.05) is 11.3 Å². The molecule has 10 aromatic carbocycles. The van der Waals surface area contributed by atoms with Crippen LogP contribution in [0.3, 0.4) is 0 Å². The Kier molecular flexibility index (Phi) is 13.9. The fraction of sp³-hybridized carbons (Fsp3) is 0.348. The summed E-state index contributed by atoms with van der Waals surface area (Å²) in [6.07, 6.45) is 9.07. The van der Waals surface area contributed by atoms with Gasteiger partial charge in [0.1, 0.15) is 11.2 Å². The zero-order chi connectivity index (χ0) is 68.2. The molecule has 12 aromatic rings. The van der Waals surface area contributed by atoms with Crippen LogP contribution in [0.4, 0.5) is 45.5 Å². The first-order valence-electron chi connectivity index (χ1n) is 36.5. The molecule has 98 heavy (non-hydrogen) atoms. The lowest BCUT2D eigenvalue weighted by Crippen LogP contribution is -2.44. The van der Waals surface area contributed by atoms with Crippen molar-refractivity contribution in [1.82, 2.24) is 0 Å². The smallest absolute Gasteiger partial charge is 0.197 e. The average Bonchev–Trinajstić information content (AvgIpc) is 1.43. The molecule has 493 valence electrons. The van der Waals surface area contributed by atoms with Crippen LogP contribution in [-0.2, 0) is 43.3 Å². The maximum Gasteiger partial charge on any atom is 0.197 e. The van der Waals surface area contributed by atoms with Gasteiger partial charge in [-0.25, -0.2) is 0 Å². The fourth-order valence-electron chi connectivity index (χ4n) is 18.4. The summed E-state index contributed by atoms with van der Waals surface area (Å²) in [6.45, 7) is 39.3. The largest absolute Gasteiger partial charge is 0.455 e. The monoisotopic (exact) mass is 1300 g/mol. The van der Waals surface area contributed by atoms with Crippen molar-refractivity contribution in [1.29, 1.82) is 0 Å². The molecular formula is C92H95BN3OS. The Bertz CT molecular complexity index is 5310. The van der Waals surface area contributed by atoms with Crippen molar-refractivity contribution in [3.63, 3.8) is 0 Å². The van der Waals surface area contributed by atoms with Crippen molar-refractivity contribution in [2.75, 3.05) is 15.1 Å². The molecule has 3 heterocycles. The van der Waals surface area contributed by atoms with Gasteiger partial charge < -0.3 is 19.5 Å². The molecule has 2 aromatic heterocycles. The van der Waals surface area contributed by atoms with E-state index in [4.69, 9.17) is 4.42 Å². The van der Waals surface area contributed by atoms with Gasteiger partial charge in [0, 0.05) is 76.3 Å². The maximum atomic E-state index is 7.83. The summed E-state index contributed by atoms with van der Waals surface area (Å²) in [4.78, 5) is 5.25. The van der Waals surface area contributed by atoms with Crippen LogP contribution in [0.1, 0.15) is 207 Å². The minimum atomic E-state index is -0.0324.